The summed E-state index contributed by atoms with van der Waals surface area (Å²) >= 11 is 0. The molecule has 0 bridgehead atoms. The minimum Gasteiger partial charge on any atom is -0.303 e. The minimum absolute atomic E-state index is 0.0313. The summed E-state index contributed by atoms with van der Waals surface area (Å²) in [5, 5.41) is 0. The van der Waals surface area contributed by atoms with Crippen LogP contribution in [0.2, 0.25) is 0 Å². The van der Waals surface area contributed by atoms with Gasteiger partial charge in [-0.3, -0.25) is 0 Å². The fraction of sp³-hybridized carbons (Fsp3) is 0.200. The van der Waals surface area contributed by atoms with Crippen LogP contribution in [0.4, 0.5) is 0 Å². The van der Waals surface area contributed by atoms with E-state index in [1.54, 1.807) is 0 Å². The van der Waals surface area contributed by atoms with Crippen LogP contribution in [-0.4, -0.2) is 6.29 Å². The van der Waals surface area contributed by atoms with E-state index in [4.69, 9.17) is 0 Å². The summed E-state index contributed by atoms with van der Waals surface area (Å²) < 4.78 is 0. The van der Waals surface area contributed by atoms with Crippen LogP contribution in [0, 0.1) is 6.92 Å². The Bertz CT molecular complexity index is 216. The van der Waals surface area contributed by atoms with Crippen molar-refractivity contribution in [3.05, 3.63) is 42.8 Å². The summed E-state index contributed by atoms with van der Waals surface area (Å²) in [4.78, 5) is 10.5. The molecule has 1 atom stereocenters. The largest absolute Gasteiger partial charge is 0.303 e. The lowest BCUT2D eigenvalue weighted by molar-refractivity contribution is -0.109. The molecule has 0 amide bonds. The molecule has 0 aromatic heterocycles. The molecule has 1 radical (unpaired) electrons. The molecule has 0 aliphatic carbocycles. The second-order valence-corrected chi connectivity index (χ2v) is 2.44. The fourth-order valence-electron chi connectivity index (χ4n) is 1.01. The molecule has 1 rings (SSSR count). The second kappa shape index (κ2) is 3.91. The van der Waals surface area contributed by atoms with Crippen LogP contribution in [0.25, 0.3) is 0 Å². The molecule has 57 valence electrons. The van der Waals surface area contributed by atoms with E-state index in [0.717, 1.165) is 11.8 Å². The van der Waals surface area contributed by atoms with Crippen LogP contribution >= 0.6 is 0 Å². The van der Waals surface area contributed by atoms with Crippen LogP contribution in [0.1, 0.15) is 17.9 Å². The van der Waals surface area contributed by atoms with E-state index in [1.165, 1.54) is 0 Å². The molecule has 0 heterocycles. The molecule has 0 saturated heterocycles. The SMILES string of the molecule is [CH2]CC(C=O)c1ccccc1. The monoisotopic (exact) mass is 147 g/mol. The molecule has 1 aromatic carbocycles. The van der Waals surface area contributed by atoms with Gasteiger partial charge in [0.25, 0.3) is 0 Å². The van der Waals surface area contributed by atoms with Gasteiger partial charge in [-0.2, -0.15) is 0 Å². The summed E-state index contributed by atoms with van der Waals surface area (Å²) in [7, 11) is 0. The first-order chi connectivity index (χ1) is 5.38. The predicted molar refractivity (Wildman–Crippen MR) is 45.2 cm³/mol. The van der Waals surface area contributed by atoms with Gasteiger partial charge in [0, 0.05) is 5.92 Å². The molecule has 0 aliphatic rings. The smallest absolute Gasteiger partial charge is 0.127 e. The van der Waals surface area contributed by atoms with Gasteiger partial charge < -0.3 is 4.79 Å². The van der Waals surface area contributed by atoms with Gasteiger partial charge in [0.2, 0.25) is 0 Å². The first kappa shape index (κ1) is 7.99. The fourth-order valence-corrected chi connectivity index (χ4v) is 1.01. The molecule has 1 unspecified atom stereocenters. The normalized spacial score (nSPS) is 12.5. The third-order valence-corrected chi connectivity index (χ3v) is 1.70. The van der Waals surface area contributed by atoms with E-state index in [9.17, 15) is 4.79 Å². The van der Waals surface area contributed by atoms with Crippen molar-refractivity contribution in [2.75, 3.05) is 0 Å². The topological polar surface area (TPSA) is 17.1 Å². The molecule has 0 fully saturated rings. The van der Waals surface area contributed by atoms with Gasteiger partial charge in [0.15, 0.2) is 0 Å². The summed E-state index contributed by atoms with van der Waals surface area (Å²) in [6.45, 7) is 3.70. The third-order valence-electron chi connectivity index (χ3n) is 1.70. The molecule has 0 N–H and O–H groups in total. The van der Waals surface area contributed by atoms with Gasteiger partial charge in [0.05, 0.1) is 0 Å². The van der Waals surface area contributed by atoms with Crippen molar-refractivity contribution in [3.63, 3.8) is 0 Å². The van der Waals surface area contributed by atoms with Crippen LogP contribution in [0.15, 0.2) is 30.3 Å². The lowest BCUT2D eigenvalue weighted by Crippen LogP contribution is -1.97. The Kier molecular flexibility index (Phi) is 2.84. The highest BCUT2D eigenvalue weighted by Crippen LogP contribution is 2.15. The quantitative estimate of drug-likeness (QED) is 0.599. The Labute approximate surface area is 67.1 Å². The van der Waals surface area contributed by atoms with E-state index >= 15 is 0 Å². The molecular formula is C10H11O. The Morgan fingerprint density at radius 3 is 2.45 bits per heavy atom. The number of aldehydes is 1. The van der Waals surface area contributed by atoms with E-state index in [0.29, 0.717) is 6.42 Å². The van der Waals surface area contributed by atoms with Crippen molar-refractivity contribution in [1.82, 2.24) is 0 Å². The Morgan fingerprint density at radius 2 is 2.00 bits per heavy atom. The zero-order chi connectivity index (χ0) is 8.10. The maximum absolute atomic E-state index is 10.5. The third kappa shape index (κ3) is 1.90. The number of hydrogen-bond donors (Lipinski definition) is 0. The number of carbonyl (C=O) groups is 1. The number of hydrogen-bond acceptors (Lipinski definition) is 1. The van der Waals surface area contributed by atoms with Gasteiger partial charge in [-0.15, -0.1) is 0 Å². The first-order valence-electron chi connectivity index (χ1n) is 3.68. The standard InChI is InChI=1S/C10H11O/c1-2-9(8-11)10-6-4-3-5-7-10/h3-9H,1-2H2. The second-order valence-electron chi connectivity index (χ2n) is 2.44. The van der Waals surface area contributed by atoms with Crippen LogP contribution < -0.4 is 0 Å². The highest BCUT2D eigenvalue weighted by Gasteiger charge is 2.05. The Morgan fingerprint density at radius 1 is 1.36 bits per heavy atom. The van der Waals surface area contributed by atoms with Crippen molar-refractivity contribution in [2.24, 2.45) is 0 Å². The molecular weight excluding hydrogens is 136 g/mol. The van der Waals surface area contributed by atoms with Gasteiger partial charge in [-0.05, 0) is 12.0 Å². The lowest BCUT2D eigenvalue weighted by atomic mass is 9.98. The molecule has 11 heavy (non-hydrogen) atoms. The molecule has 1 aromatic rings. The van der Waals surface area contributed by atoms with Gasteiger partial charge in [-0.25, -0.2) is 0 Å². The maximum Gasteiger partial charge on any atom is 0.127 e. The van der Waals surface area contributed by atoms with Gasteiger partial charge in [-0.1, -0.05) is 37.3 Å². The number of carbonyl (C=O) groups excluding carboxylic acids is 1. The average Bonchev–Trinajstić information content (AvgIpc) is 2.09. The van der Waals surface area contributed by atoms with E-state index in [1.807, 2.05) is 30.3 Å². The summed E-state index contributed by atoms with van der Waals surface area (Å²) in [5.74, 6) is -0.0313. The zero-order valence-corrected chi connectivity index (χ0v) is 6.36. The van der Waals surface area contributed by atoms with Crippen molar-refractivity contribution in [2.45, 2.75) is 12.3 Å². The van der Waals surface area contributed by atoms with Crippen LogP contribution in [0.3, 0.4) is 0 Å². The maximum atomic E-state index is 10.5. The van der Waals surface area contributed by atoms with Crippen molar-refractivity contribution < 1.29 is 4.79 Å². The predicted octanol–water partition coefficient (Wildman–Crippen LogP) is 2.19. The molecule has 0 aliphatic heterocycles. The van der Waals surface area contributed by atoms with Crippen LogP contribution in [-0.2, 0) is 4.79 Å². The summed E-state index contributed by atoms with van der Waals surface area (Å²) in [5.41, 5.74) is 1.05. The zero-order valence-electron chi connectivity index (χ0n) is 6.36. The molecule has 0 spiro atoms. The molecule has 1 heteroatoms. The number of rotatable bonds is 3. The van der Waals surface area contributed by atoms with E-state index in [2.05, 4.69) is 6.92 Å². The number of benzene rings is 1. The van der Waals surface area contributed by atoms with Crippen molar-refractivity contribution in [1.29, 1.82) is 0 Å². The summed E-state index contributed by atoms with van der Waals surface area (Å²) in [6.07, 6.45) is 1.58. The first-order valence-corrected chi connectivity index (χ1v) is 3.68. The van der Waals surface area contributed by atoms with Gasteiger partial charge in [0.1, 0.15) is 6.29 Å². The van der Waals surface area contributed by atoms with Crippen molar-refractivity contribution in [3.8, 4) is 0 Å². The Balaban J connectivity index is 2.82. The average molecular weight is 147 g/mol. The van der Waals surface area contributed by atoms with E-state index < -0.39 is 0 Å². The van der Waals surface area contributed by atoms with E-state index in [-0.39, 0.29) is 5.92 Å². The van der Waals surface area contributed by atoms with Crippen molar-refractivity contribution >= 4 is 6.29 Å². The van der Waals surface area contributed by atoms with Crippen LogP contribution in [0.5, 0.6) is 0 Å². The van der Waals surface area contributed by atoms with Gasteiger partial charge >= 0.3 is 0 Å². The molecule has 0 saturated carbocycles. The molecule has 1 nitrogen and oxygen atoms in total. The highest BCUT2D eigenvalue weighted by atomic mass is 16.1. The highest BCUT2D eigenvalue weighted by molar-refractivity contribution is 5.62. The minimum atomic E-state index is -0.0313. The Hall–Kier alpha value is -1.11. The lowest BCUT2D eigenvalue weighted by Gasteiger charge is -2.05. The summed E-state index contributed by atoms with van der Waals surface area (Å²) in [6, 6.07) is 9.70.